The third-order valence-electron chi connectivity index (χ3n) is 3.94. The second kappa shape index (κ2) is 7.22. The van der Waals surface area contributed by atoms with Crippen LogP contribution in [0.25, 0.3) is 0 Å². The minimum atomic E-state index is -0.132. The van der Waals surface area contributed by atoms with E-state index in [0.717, 1.165) is 24.9 Å². The highest BCUT2D eigenvalue weighted by atomic mass is 16.5. The molecule has 0 unspecified atom stereocenters. The first-order valence-corrected chi connectivity index (χ1v) is 7.96. The van der Waals surface area contributed by atoms with Gasteiger partial charge in [0, 0.05) is 18.7 Å². The van der Waals surface area contributed by atoms with Crippen LogP contribution < -0.4 is 0 Å². The second-order valence-electron chi connectivity index (χ2n) is 7.02. The Labute approximate surface area is 130 Å². The molecule has 21 heavy (non-hydrogen) atoms. The highest BCUT2D eigenvalue weighted by molar-refractivity contribution is 5.71. The Morgan fingerprint density at radius 2 is 1.57 bits per heavy atom. The standard InChI is InChI=1S/C19H31NO/c1-8-15-11-10-12-16(9-2)17(15)20-14-18(3,4)13-19(5,6)21-7/h10-12,14H,8-9,13H2,1-7H3. The fraction of sp³-hybridized carbons (Fsp3) is 0.632. The van der Waals surface area contributed by atoms with Gasteiger partial charge in [0.25, 0.3) is 0 Å². The molecule has 1 rings (SSSR count). The molecule has 0 bridgehead atoms. The van der Waals surface area contributed by atoms with Crippen LogP contribution in [0.3, 0.4) is 0 Å². The van der Waals surface area contributed by atoms with E-state index in [1.165, 1.54) is 11.1 Å². The molecule has 0 amide bonds. The molecule has 2 nitrogen and oxygen atoms in total. The molecule has 0 aliphatic carbocycles. The maximum atomic E-state index is 5.55. The van der Waals surface area contributed by atoms with Crippen molar-refractivity contribution in [1.82, 2.24) is 0 Å². The highest BCUT2D eigenvalue weighted by Crippen LogP contribution is 2.31. The van der Waals surface area contributed by atoms with Crippen molar-refractivity contribution in [3.63, 3.8) is 0 Å². The average molecular weight is 289 g/mol. The van der Waals surface area contributed by atoms with Gasteiger partial charge in [0.2, 0.25) is 0 Å². The van der Waals surface area contributed by atoms with Gasteiger partial charge in [-0.1, -0.05) is 45.9 Å². The molecule has 0 spiro atoms. The fourth-order valence-electron chi connectivity index (χ4n) is 2.84. The largest absolute Gasteiger partial charge is 0.379 e. The molecule has 0 radical (unpaired) electrons. The summed E-state index contributed by atoms with van der Waals surface area (Å²) in [5.74, 6) is 0. The number of aliphatic imine (C=N–C) groups is 1. The number of rotatable bonds is 7. The van der Waals surface area contributed by atoms with Gasteiger partial charge < -0.3 is 4.74 Å². The quantitative estimate of drug-likeness (QED) is 0.620. The van der Waals surface area contributed by atoms with E-state index in [1.807, 2.05) is 0 Å². The zero-order valence-corrected chi connectivity index (χ0v) is 14.8. The van der Waals surface area contributed by atoms with Gasteiger partial charge in [-0.2, -0.15) is 0 Å². The van der Waals surface area contributed by atoms with Crippen molar-refractivity contribution in [2.45, 2.75) is 66.4 Å². The number of hydrogen-bond donors (Lipinski definition) is 0. The molecule has 0 atom stereocenters. The predicted octanol–water partition coefficient (Wildman–Crippen LogP) is 5.36. The lowest BCUT2D eigenvalue weighted by Gasteiger charge is -2.31. The molecule has 0 saturated heterocycles. The first-order valence-electron chi connectivity index (χ1n) is 7.96. The lowest BCUT2D eigenvalue weighted by molar-refractivity contribution is -0.000929. The van der Waals surface area contributed by atoms with Crippen LogP contribution in [-0.2, 0) is 17.6 Å². The summed E-state index contributed by atoms with van der Waals surface area (Å²) in [6.07, 6.45) is 5.08. The Balaban J connectivity index is 3.04. The summed E-state index contributed by atoms with van der Waals surface area (Å²) in [6.45, 7) is 13.1. The van der Waals surface area contributed by atoms with E-state index in [0.29, 0.717) is 0 Å². The van der Waals surface area contributed by atoms with Crippen LogP contribution in [0.15, 0.2) is 23.2 Å². The summed E-state index contributed by atoms with van der Waals surface area (Å²) in [5, 5.41) is 0. The maximum Gasteiger partial charge on any atom is 0.0689 e. The van der Waals surface area contributed by atoms with Crippen molar-refractivity contribution in [3.8, 4) is 0 Å². The van der Waals surface area contributed by atoms with Gasteiger partial charge in [0.15, 0.2) is 0 Å². The van der Waals surface area contributed by atoms with Crippen LogP contribution in [0.4, 0.5) is 5.69 Å². The van der Waals surface area contributed by atoms with Gasteiger partial charge in [0.05, 0.1) is 11.3 Å². The second-order valence-corrected chi connectivity index (χ2v) is 7.02. The molecular formula is C19H31NO. The molecule has 1 aromatic carbocycles. The normalized spacial score (nSPS) is 13.1. The number of benzene rings is 1. The van der Waals surface area contributed by atoms with Gasteiger partial charge in [-0.3, -0.25) is 4.99 Å². The molecule has 0 fully saturated rings. The van der Waals surface area contributed by atoms with E-state index >= 15 is 0 Å². The minimum Gasteiger partial charge on any atom is -0.379 e. The van der Waals surface area contributed by atoms with E-state index in [2.05, 4.69) is 66.0 Å². The Kier molecular flexibility index (Phi) is 6.15. The molecule has 118 valence electrons. The number of para-hydroxylation sites is 1. The monoisotopic (exact) mass is 289 g/mol. The van der Waals surface area contributed by atoms with Crippen LogP contribution in [0.5, 0.6) is 0 Å². The zero-order chi connectivity index (χ0) is 16.1. The number of nitrogens with zero attached hydrogens (tertiary/aromatic N) is 1. The predicted molar refractivity (Wildman–Crippen MR) is 92.8 cm³/mol. The SMILES string of the molecule is CCc1cccc(CC)c1N=CC(C)(C)CC(C)(C)OC. The third kappa shape index (κ3) is 5.28. The minimum absolute atomic E-state index is 0.00533. The van der Waals surface area contributed by atoms with Crippen LogP contribution in [0.2, 0.25) is 0 Å². The lowest BCUT2D eigenvalue weighted by atomic mass is 9.82. The van der Waals surface area contributed by atoms with E-state index in [1.54, 1.807) is 7.11 Å². The zero-order valence-electron chi connectivity index (χ0n) is 14.8. The number of methoxy groups -OCH3 is 1. The van der Waals surface area contributed by atoms with E-state index in [4.69, 9.17) is 9.73 Å². The van der Waals surface area contributed by atoms with Crippen molar-refractivity contribution in [1.29, 1.82) is 0 Å². The molecule has 2 heteroatoms. The van der Waals surface area contributed by atoms with Crippen molar-refractivity contribution < 1.29 is 4.74 Å². The number of hydrogen-bond acceptors (Lipinski definition) is 2. The molecule has 0 aliphatic rings. The first kappa shape index (κ1) is 17.9. The van der Waals surface area contributed by atoms with Gasteiger partial charge in [-0.05, 0) is 44.2 Å². The summed E-state index contributed by atoms with van der Waals surface area (Å²) in [5.41, 5.74) is 3.68. The van der Waals surface area contributed by atoms with Crippen LogP contribution in [0.1, 0.15) is 59.1 Å². The number of aryl methyl sites for hydroxylation is 2. The maximum absolute atomic E-state index is 5.55. The van der Waals surface area contributed by atoms with Crippen molar-refractivity contribution in [2.24, 2.45) is 10.4 Å². The Bertz CT molecular complexity index is 464. The third-order valence-corrected chi connectivity index (χ3v) is 3.94. The summed E-state index contributed by atoms with van der Waals surface area (Å²) in [4.78, 5) is 4.86. The molecule has 0 saturated carbocycles. The lowest BCUT2D eigenvalue weighted by Crippen LogP contribution is -2.31. The van der Waals surface area contributed by atoms with Crippen LogP contribution in [-0.4, -0.2) is 18.9 Å². The van der Waals surface area contributed by atoms with Gasteiger partial charge in [0.1, 0.15) is 0 Å². The van der Waals surface area contributed by atoms with Gasteiger partial charge in [-0.25, -0.2) is 0 Å². The highest BCUT2D eigenvalue weighted by Gasteiger charge is 2.27. The van der Waals surface area contributed by atoms with Crippen molar-refractivity contribution in [3.05, 3.63) is 29.3 Å². The molecular weight excluding hydrogens is 258 g/mol. The van der Waals surface area contributed by atoms with Gasteiger partial charge >= 0.3 is 0 Å². The molecule has 0 heterocycles. The van der Waals surface area contributed by atoms with Crippen molar-refractivity contribution >= 4 is 11.9 Å². The van der Waals surface area contributed by atoms with Gasteiger partial charge in [-0.15, -0.1) is 0 Å². The smallest absolute Gasteiger partial charge is 0.0689 e. The Hall–Kier alpha value is -1.15. The molecule has 0 N–H and O–H groups in total. The molecule has 0 aromatic heterocycles. The van der Waals surface area contributed by atoms with Crippen molar-refractivity contribution in [2.75, 3.05) is 7.11 Å². The van der Waals surface area contributed by atoms with E-state index < -0.39 is 0 Å². The molecule has 1 aromatic rings. The first-order chi connectivity index (χ1) is 9.74. The van der Waals surface area contributed by atoms with Crippen LogP contribution in [0, 0.1) is 5.41 Å². The summed E-state index contributed by atoms with van der Waals surface area (Å²) in [7, 11) is 1.77. The average Bonchev–Trinajstić information content (AvgIpc) is 2.43. The van der Waals surface area contributed by atoms with E-state index in [-0.39, 0.29) is 11.0 Å². The van der Waals surface area contributed by atoms with E-state index in [9.17, 15) is 0 Å². The Morgan fingerprint density at radius 3 is 2.00 bits per heavy atom. The summed E-state index contributed by atoms with van der Waals surface area (Å²) in [6, 6.07) is 6.49. The fourth-order valence-corrected chi connectivity index (χ4v) is 2.84. The topological polar surface area (TPSA) is 21.6 Å². The van der Waals surface area contributed by atoms with Crippen LogP contribution >= 0.6 is 0 Å². The number of ether oxygens (including phenoxy) is 1. The molecule has 0 aliphatic heterocycles. The summed E-state index contributed by atoms with van der Waals surface area (Å²) >= 11 is 0. The Morgan fingerprint density at radius 1 is 1.05 bits per heavy atom. The summed E-state index contributed by atoms with van der Waals surface area (Å²) < 4.78 is 5.55.